The summed E-state index contributed by atoms with van der Waals surface area (Å²) in [6.45, 7) is 3.28. The Morgan fingerprint density at radius 2 is 2.22 bits per heavy atom. The van der Waals surface area contributed by atoms with E-state index >= 15 is 0 Å². The number of ether oxygens (including phenoxy) is 1. The number of aromatic nitrogens is 2. The molecule has 1 aliphatic rings. The van der Waals surface area contributed by atoms with Gasteiger partial charge in [0, 0.05) is 26.7 Å². The number of likely N-dealkylation sites (N-methyl/N-ethyl adjacent to an activating group) is 1. The molecular formula is C13H22N4O. The van der Waals surface area contributed by atoms with Gasteiger partial charge in [-0.2, -0.15) is 0 Å². The van der Waals surface area contributed by atoms with Gasteiger partial charge in [-0.3, -0.25) is 4.98 Å². The Morgan fingerprint density at radius 1 is 1.39 bits per heavy atom. The molecule has 0 amide bonds. The predicted molar refractivity (Wildman–Crippen MR) is 71.6 cm³/mol. The SMILES string of the molecule is CNCc1cnc(N(C)CCOCC2CC2)cn1. The van der Waals surface area contributed by atoms with E-state index in [0.29, 0.717) is 0 Å². The average molecular weight is 250 g/mol. The highest BCUT2D eigenvalue weighted by atomic mass is 16.5. The molecule has 100 valence electrons. The summed E-state index contributed by atoms with van der Waals surface area (Å²) >= 11 is 0. The van der Waals surface area contributed by atoms with Crippen LogP contribution in [0.3, 0.4) is 0 Å². The standard InChI is InChI=1S/C13H22N4O/c1-14-7-12-8-16-13(9-15-12)17(2)5-6-18-10-11-3-4-11/h8-9,11,14H,3-7,10H2,1-2H3. The topological polar surface area (TPSA) is 50.3 Å². The van der Waals surface area contributed by atoms with Gasteiger partial charge in [-0.25, -0.2) is 4.98 Å². The summed E-state index contributed by atoms with van der Waals surface area (Å²) in [5.41, 5.74) is 0.958. The van der Waals surface area contributed by atoms with Crippen molar-refractivity contribution in [3.05, 3.63) is 18.1 Å². The highest BCUT2D eigenvalue weighted by Crippen LogP contribution is 2.28. The molecule has 0 saturated heterocycles. The van der Waals surface area contributed by atoms with Crippen LogP contribution >= 0.6 is 0 Å². The number of hydrogen-bond acceptors (Lipinski definition) is 5. The zero-order chi connectivity index (χ0) is 12.8. The first-order chi connectivity index (χ1) is 8.79. The summed E-state index contributed by atoms with van der Waals surface area (Å²) in [5, 5.41) is 3.05. The van der Waals surface area contributed by atoms with Gasteiger partial charge in [-0.1, -0.05) is 0 Å². The van der Waals surface area contributed by atoms with Crippen LogP contribution in [0.15, 0.2) is 12.4 Å². The number of rotatable bonds is 8. The molecule has 1 aromatic heterocycles. The molecular weight excluding hydrogens is 228 g/mol. The van der Waals surface area contributed by atoms with E-state index in [4.69, 9.17) is 4.74 Å². The van der Waals surface area contributed by atoms with Crippen LogP contribution in [0, 0.1) is 5.92 Å². The Hall–Kier alpha value is -1.20. The first-order valence-corrected chi connectivity index (χ1v) is 6.54. The van der Waals surface area contributed by atoms with Gasteiger partial charge in [0.25, 0.3) is 0 Å². The highest BCUT2D eigenvalue weighted by Gasteiger charge is 2.20. The molecule has 1 N–H and O–H groups in total. The largest absolute Gasteiger partial charge is 0.379 e. The quantitative estimate of drug-likeness (QED) is 0.699. The Kier molecular flexibility index (Phi) is 4.90. The molecule has 0 radical (unpaired) electrons. The summed E-state index contributed by atoms with van der Waals surface area (Å²) in [7, 11) is 3.92. The number of nitrogens with one attached hydrogen (secondary N) is 1. The van der Waals surface area contributed by atoms with Crippen LogP contribution in [0.25, 0.3) is 0 Å². The van der Waals surface area contributed by atoms with E-state index in [1.165, 1.54) is 12.8 Å². The van der Waals surface area contributed by atoms with Crippen LogP contribution in [-0.2, 0) is 11.3 Å². The van der Waals surface area contributed by atoms with Crippen molar-refractivity contribution in [1.29, 1.82) is 0 Å². The van der Waals surface area contributed by atoms with Gasteiger partial charge >= 0.3 is 0 Å². The maximum Gasteiger partial charge on any atom is 0.146 e. The first-order valence-electron chi connectivity index (χ1n) is 6.54. The van der Waals surface area contributed by atoms with Crippen molar-refractivity contribution in [2.75, 3.05) is 38.8 Å². The van der Waals surface area contributed by atoms with Crippen molar-refractivity contribution in [2.45, 2.75) is 19.4 Å². The third-order valence-electron chi connectivity index (χ3n) is 3.06. The number of nitrogens with zero attached hydrogens (tertiary/aromatic N) is 3. The van der Waals surface area contributed by atoms with E-state index in [2.05, 4.69) is 20.2 Å². The van der Waals surface area contributed by atoms with Gasteiger partial charge in [0.1, 0.15) is 5.82 Å². The molecule has 0 aliphatic heterocycles. The molecule has 0 aromatic carbocycles. The molecule has 0 atom stereocenters. The maximum atomic E-state index is 5.61. The fourth-order valence-electron chi connectivity index (χ4n) is 1.67. The van der Waals surface area contributed by atoms with E-state index in [1.807, 2.05) is 26.5 Å². The second kappa shape index (κ2) is 6.66. The second-order valence-electron chi connectivity index (χ2n) is 4.84. The zero-order valence-corrected chi connectivity index (χ0v) is 11.2. The Bertz CT molecular complexity index is 351. The lowest BCUT2D eigenvalue weighted by Gasteiger charge is -2.17. The average Bonchev–Trinajstić information content (AvgIpc) is 3.20. The van der Waals surface area contributed by atoms with E-state index in [9.17, 15) is 0 Å². The molecule has 1 heterocycles. The van der Waals surface area contributed by atoms with Crippen LogP contribution < -0.4 is 10.2 Å². The zero-order valence-electron chi connectivity index (χ0n) is 11.2. The van der Waals surface area contributed by atoms with E-state index in [1.54, 1.807) is 0 Å². The van der Waals surface area contributed by atoms with Crippen LogP contribution in [0.1, 0.15) is 18.5 Å². The molecule has 1 fully saturated rings. The Labute approximate surface area is 109 Å². The molecule has 5 nitrogen and oxygen atoms in total. The maximum absolute atomic E-state index is 5.61. The molecule has 1 aliphatic carbocycles. The molecule has 18 heavy (non-hydrogen) atoms. The van der Waals surface area contributed by atoms with Crippen molar-refractivity contribution in [2.24, 2.45) is 5.92 Å². The second-order valence-corrected chi connectivity index (χ2v) is 4.84. The molecule has 2 rings (SSSR count). The highest BCUT2D eigenvalue weighted by molar-refractivity contribution is 5.34. The van der Waals surface area contributed by atoms with E-state index in [0.717, 1.165) is 43.7 Å². The van der Waals surface area contributed by atoms with Crippen molar-refractivity contribution in [3.63, 3.8) is 0 Å². The fraction of sp³-hybridized carbons (Fsp3) is 0.692. The Balaban J connectivity index is 1.70. The Morgan fingerprint density at radius 3 is 2.83 bits per heavy atom. The summed E-state index contributed by atoms with van der Waals surface area (Å²) in [6.07, 6.45) is 6.31. The lowest BCUT2D eigenvalue weighted by molar-refractivity contribution is 0.131. The van der Waals surface area contributed by atoms with Gasteiger partial charge < -0.3 is 15.0 Å². The minimum atomic E-state index is 0.751. The van der Waals surface area contributed by atoms with Crippen molar-refractivity contribution in [3.8, 4) is 0 Å². The summed E-state index contributed by atoms with van der Waals surface area (Å²) < 4.78 is 5.61. The van der Waals surface area contributed by atoms with E-state index < -0.39 is 0 Å². The van der Waals surface area contributed by atoms with Crippen LogP contribution in [-0.4, -0.2) is 43.8 Å². The number of anilines is 1. The minimum absolute atomic E-state index is 0.751. The van der Waals surface area contributed by atoms with Crippen LogP contribution in [0.2, 0.25) is 0 Å². The summed E-state index contributed by atoms with van der Waals surface area (Å²) in [6, 6.07) is 0. The van der Waals surface area contributed by atoms with Gasteiger partial charge in [0.2, 0.25) is 0 Å². The lowest BCUT2D eigenvalue weighted by Crippen LogP contribution is -2.24. The van der Waals surface area contributed by atoms with Crippen LogP contribution in [0.4, 0.5) is 5.82 Å². The van der Waals surface area contributed by atoms with Gasteiger partial charge in [-0.15, -0.1) is 0 Å². The van der Waals surface area contributed by atoms with Gasteiger partial charge in [0.15, 0.2) is 0 Å². The monoisotopic (exact) mass is 250 g/mol. The van der Waals surface area contributed by atoms with Crippen molar-refractivity contribution >= 4 is 5.82 Å². The predicted octanol–water partition coefficient (Wildman–Crippen LogP) is 1.06. The minimum Gasteiger partial charge on any atom is -0.379 e. The first kappa shape index (κ1) is 13.2. The number of hydrogen-bond donors (Lipinski definition) is 1. The smallest absolute Gasteiger partial charge is 0.146 e. The fourth-order valence-corrected chi connectivity index (χ4v) is 1.67. The van der Waals surface area contributed by atoms with Gasteiger partial charge in [0.05, 0.1) is 24.7 Å². The summed E-state index contributed by atoms with van der Waals surface area (Å²) in [5.74, 6) is 1.72. The van der Waals surface area contributed by atoms with Crippen molar-refractivity contribution < 1.29 is 4.74 Å². The molecule has 0 unspecified atom stereocenters. The molecule has 1 saturated carbocycles. The molecule has 1 aromatic rings. The van der Waals surface area contributed by atoms with E-state index in [-0.39, 0.29) is 0 Å². The summed E-state index contributed by atoms with van der Waals surface area (Å²) in [4.78, 5) is 10.8. The third kappa shape index (κ3) is 4.23. The van der Waals surface area contributed by atoms with Crippen LogP contribution in [0.5, 0.6) is 0 Å². The molecule has 0 spiro atoms. The third-order valence-corrected chi connectivity index (χ3v) is 3.06. The lowest BCUT2D eigenvalue weighted by atomic mass is 10.4. The molecule has 5 heteroatoms. The van der Waals surface area contributed by atoms with Crippen molar-refractivity contribution in [1.82, 2.24) is 15.3 Å². The van der Waals surface area contributed by atoms with Gasteiger partial charge in [-0.05, 0) is 25.8 Å². The normalized spacial score (nSPS) is 14.8. The molecule has 0 bridgehead atoms.